The standard InChI is InChI=1S/C25H37BrN4O4S/c1-19(2)16-23(25(31)34-3)30(35(32,33)24-14-8-7-13-22(24)26)15-9-12-21-18-29(28-27-21)17-20-10-5-4-6-11-20/h7-8,13-14,18-20,23H,4-6,9-12,15-17H2,1-3H3/t23-/m0/s1. The average molecular weight is 570 g/mol. The van der Waals surface area contributed by atoms with Crippen LogP contribution in [-0.2, 0) is 32.5 Å². The molecule has 35 heavy (non-hydrogen) atoms. The molecule has 1 saturated carbocycles. The number of halogens is 1. The second-order valence-electron chi connectivity index (χ2n) is 9.75. The minimum Gasteiger partial charge on any atom is -0.468 e. The van der Waals surface area contributed by atoms with E-state index in [9.17, 15) is 13.2 Å². The van der Waals surface area contributed by atoms with Crippen molar-refractivity contribution in [3.63, 3.8) is 0 Å². The maximum absolute atomic E-state index is 13.7. The van der Waals surface area contributed by atoms with E-state index in [2.05, 4.69) is 26.2 Å². The lowest BCUT2D eigenvalue weighted by atomic mass is 9.89. The first-order valence-corrected chi connectivity index (χ1v) is 14.7. The average Bonchev–Trinajstić information content (AvgIpc) is 3.27. The second-order valence-corrected chi connectivity index (χ2v) is 12.5. The monoisotopic (exact) mass is 568 g/mol. The number of ether oxygens (including phenoxy) is 1. The molecule has 0 radical (unpaired) electrons. The van der Waals surface area contributed by atoms with Crippen molar-refractivity contribution in [1.82, 2.24) is 19.3 Å². The van der Waals surface area contributed by atoms with Gasteiger partial charge >= 0.3 is 5.97 Å². The van der Waals surface area contributed by atoms with E-state index in [1.165, 1.54) is 43.5 Å². The maximum atomic E-state index is 13.7. The van der Waals surface area contributed by atoms with Crippen molar-refractivity contribution in [3.8, 4) is 0 Å². The van der Waals surface area contributed by atoms with E-state index in [1.807, 2.05) is 24.7 Å². The van der Waals surface area contributed by atoms with Gasteiger partial charge < -0.3 is 4.74 Å². The molecule has 1 aliphatic carbocycles. The zero-order valence-electron chi connectivity index (χ0n) is 20.9. The molecule has 1 fully saturated rings. The Balaban J connectivity index is 1.75. The van der Waals surface area contributed by atoms with E-state index in [-0.39, 0.29) is 17.4 Å². The predicted octanol–water partition coefficient (Wildman–Crippen LogP) is 4.83. The van der Waals surface area contributed by atoms with Crippen molar-refractivity contribution in [3.05, 3.63) is 40.6 Å². The van der Waals surface area contributed by atoms with E-state index in [0.717, 1.165) is 12.2 Å². The SMILES string of the molecule is COC(=O)[C@H](CC(C)C)N(CCCc1cn(CC2CCCCC2)nn1)S(=O)(=O)c1ccccc1Br. The fourth-order valence-electron chi connectivity index (χ4n) is 4.73. The summed E-state index contributed by atoms with van der Waals surface area (Å²) in [5.74, 6) is 0.212. The van der Waals surface area contributed by atoms with E-state index < -0.39 is 22.0 Å². The zero-order chi connectivity index (χ0) is 25.4. The van der Waals surface area contributed by atoms with Crippen molar-refractivity contribution in [2.75, 3.05) is 13.7 Å². The van der Waals surface area contributed by atoms with Gasteiger partial charge in [0.25, 0.3) is 0 Å². The highest BCUT2D eigenvalue weighted by atomic mass is 79.9. The highest BCUT2D eigenvalue weighted by molar-refractivity contribution is 9.10. The quantitative estimate of drug-likeness (QED) is 0.340. The Morgan fingerprint density at radius 2 is 1.94 bits per heavy atom. The molecule has 194 valence electrons. The Kier molecular flexibility index (Phi) is 10.3. The van der Waals surface area contributed by atoms with E-state index in [4.69, 9.17) is 4.74 Å². The van der Waals surface area contributed by atoms with Crippen molar-refractivity contribution < 1.29 is 17.9 Å². The molecule has 0 N–H and O–H groups in total. The summed E-state index contributed by atoms with van der Waals surface area (Å²) in [6.07, 6.45) is 9.78. The lowest BCUT2D eigenvalue weighted by Crippen LogP contribution is -2.47. The van der Waals surface area contributed by atoms with Gasteiger partial charge in [0.15, 0.2) is 0 Å². The summed E-state index contributed by atoms with van der Waals surface area (Å²) in [6.45, 7) is 4.98. The Bertz CT molecular complexity index is 1070. The summed E-state index contributed by atoms with van der Waals surface area (Å²) in [6, 6.07) is 5.77. The van der Waals surface area contributed by atoms with Crippen LogP contribution in [0.1, 0.15) is 64.5 Å². The molecule has 1 aromatic heterocycles. The number of methoxy groups -OCH3 is 1. The summed E-state index contributed by atoms with van der Waals surface area (Å²) in [5.41, 5.74) is 0.831. The van der Waals surface area contributed by atoms with Gasteiger partial charge in [-0.05, 0) is 72.0 Å². The predicted molar refractivity (Wildman–Crippen MR) is 138 cm³/mol. The van der Waals surface area contributed by atoms with Crippen molar-refractivity contribution in [2.45, 2.75) is 82.7 Å². The largest absolute Gasteiger partial charge is 0.468 e. The molecule has 1 atom stereocenters. The number of aromatic nitrogens is 3. The number of rotatable bonds is 12. The van der Waals surface area contributed by atoms with Crippen LogP contribution in [0.4, 0.5) is 0 Å². The van der Waals surface area contributed by atoms with E-state index in [0.29, 0.717) is 29.7 Å². The van der Waals surface area contributed by atoms with Gasteiger partial charge in [-0.3, -0.25) is 9.48 Å². The van der Waals surface area contributed by atoms with Gasteiger partial charge in [0, 0.05) is 23.8 Å². The molecular formula is C25H37BrN4O4S. The summed E-state index contributed by atoms with van der Waals surface area (Å²) in [4.78, 5) is 12.8. The van der Waals surface area contributed by atoms with Crippen LogP contribution in [-0.4, -0.2) is 53.4 Å². The number of carbonyl (C=O) groups excluding carboxylic acids is 1. The van der Waals surface area contributed by atoms with Crippen LogP contribution < -0.4 is 0 Å². The fraction of sp³-hybridized carbons (Fsp3) is 0.640. The van der Waals surface area contributed by atoms with E-state index in [1.54, 1.807) is 24.3 Å². The molecule has 10 heteroatoms. The van der Waals surface area contributed by atoms with Crippen LogP contribution in [0.5, 0.6) is 0 Å². The lowest BCUT2D eigenvalue weighted by Gasteiger charge is -2.30. The normalized spacial score (nSPS) is 16.1. The minimum absolute atomic E-state index is 0.107. The summed E-state index contributed by atoms with van der Waals surface area (Å²) in [5, 5.41) is 8.59. The smallest absolute Gasteiger partial charge is 0.324 e. The van der Waals surface area contributed by atoms with Gasteiger partial charge in [0.2, 0.25) is 10.0 Å². The minimum atomic E-state index is -3.96. The Morgan fingerprint density at radius 3 is 2.60 bits per heavy atom. The van der Waals surface area contributed by atoms with Crippen LogP contribution >= 0.6 is 15.9 Å². The Labute approximate surface area is 217 Å². The first-order chi connectivity index (χ1) is 16.7. The Hall–Kier alpha value is -1.78. The van der Waals surface area contributed by atoms with Crippen LogP contribution in [0.2, 0.25) is 0 Å². The first-order valence-electron chi connectivity index (χ1n) is 12.5. The van der Waals surface area contributed by atoms with Gasteiger partial charge in [0.05, 0.1) is 17.7 Å². The number of hydrogen-bond donors (Lipinski definition) is 0. The number of sulfonamides is 1. The number of hydrogen-bond acceptors (Lipinski definition) is 6. The molecule has 0 bridgehead atoms. The molecule has 2 aromatic rings. The topological polar surface area (TPSA) is 94.4 Å². The molecule has 1 aliphatic rings. The molecule has 8 nitrogen and oxygen atoms in total. The van der Waals surface area contributed by atoms with Gasteiger partial charge in [0.1, 0.15) is 6.04 Å². The maximum Gasteiger partial charge on any atom is 0.324 e. The number of esters is 1. The lowest BCUT2D eigenvalue weighted by molar-refractivity contribution is -0.145. The number of benzene rings is 1. The van der Waals surface area contributed by atoms with Crippen LogP contribution in [0.15, 0.2) is 39.8 Å². The summed E-state index contributed by atoms with van der Waals surface area (Å²) < 4.78 is 36.1. The van der Waals surface area contributed by atoms with Gasteiger partial charge in [-0.25, -0.2) is 8.42 Å². The summed E-state index contributed by atoms with van der Waals surface area (Å²) >= 11 is 3.36. The number of nitrogens with zero attached hydrogens (tertiary/aromatic N) is 4. The van der Waals surface area contributed by atoms with Gasteiger partial charge in [-0.2, -0.15) is 4.31 Å². The molecule has 1 aromatic carbocycles. The zero-order valence-corrected chi connectivity index (χ0v) is 23.3. The van der Waals surface area contributed by atoms with Crippen molar-refractivity contribution in [2.24, 2.45) is 11.8 Å². The van der Waals surface area contributed by atoms with Crippen LogP contribution in [0, 0.1) is 11.8 Å². The summed E-state index contributed by atoms with van der Waals surface area (Å²) in [7, 11) is -2.66. The van der Waals surface area contributed by atoms with Crippen LogP contribution in [0.3, 0.4) is 0 Å². The van der Waals surface area contributed by atoms with Crippen molar-refractivity contribution >= 4 is 31.9 Å². The van der Waals surface area contributed by atoms with Crippen molar-refractivity contribution in [1.29, 1.82) is 0 Å². The molecule has 0 amide bonds. The molecular weight excluding hydrogens is 532 g/mol. The van der Waals surface area contributed by atoms with Gasteiger partial charge in [-0.15, -0.1) is 5.10 Å². The number of aryl methyl sites for hydroxylation is 1. The third-order valence-corrected chi connectivity index (χ3v) is 9.43. The Morgan fingerprint density at radius 1 is 1.23 bits per heavy atom. The van der Waals surface area contributed by atoms with E-state index >= 15 is 0 Å². The fourth-order valence-corrected chi connectivity index (χ4v) is 7.32. The third kappa shape index (κ3) is 7.60. The third-order valence-electron chi connectivity index (χ3n) is 6.51. The number of carbonyl (C=O) groups is 1. The second kappa shape index (κ2) is 13.0. The molecule has 1 heterocycles. The highest BCUT2D eigenvalue weighted by Crippen LogP contribution is 2.29. The highest BCUT2D eigenvalue weighted by Gasteiger charge is 2.37. The molecule has 0 unspecified atom stereocenters. The molecule has 0 spiro atoms. The first kappa shape index (κ1) is 27.8. The van der Waals surface area contributed by atoms with Crippen LogP contribution in [0.25, 0.3) is 0 Å². The molecule has 3 rings (SSSR count). The molecule has 0 aliphatic heterocycles. The molecule has 0 saturated heterocycles. The van der Waals surface area contributed by atoms with Gasteiger partial charge in [-0.1, -0.05) is 50.5 Å².